The van der Waals surface area contributed by atoms with Gasteiger partial charge in [0.1, 0.15) is 6.54 Å². The van der Waals surface area contributed by atoms with Crippen molar-refractivity contribution < 1.29 is 9.32 Å². The van der Waals surface area contributed by atoms with E-state index in [1.165, 1.54) is 16.8 Å². The molecule has 0 saturated heterocycles. The molecule has 0 aliphatic rings. The lowest BCUT2D eigenvalue weighted by molar-refractivity contribution is -0.116. The predicted octanol–water partition coefficient (Wildman–Crippen LogP) is 3.73. The molecule has 8 nitrogen and oxygen atoms in total. The third-order valence-electron chi connectivity index (χ3n) is 4.35. The molecule has 0 spiro atoms. The number of pyridine rings is 1. The molecule has 0 atom stereocenters. The van der Waals surface area contributed by atoms with Crippen LogP contribution in [0.25, 0.3) is 22.8 Å². The summed E-state index contributed by atoms with van der Waals surface area (Å²) < 4.78 is 6.56. The smallest absolute Gasteiger partial charge is 0.259 e. The second-order valence-electron chi connectivity index (χ2n) is 6.55. The van der Waals surface area contributed by atoms with E-state index in [0.29, 0.717) is 27.7 Å². The first-order chi connectivity index (χ1) is 15.0. The van der Waals surface area contributed by atoms with Crippen molar-refractivity contribution in [2.45, 2.75) is 6.54 Å². The first-order valence-electron chi connectivity index (χ1n) is 9.12. The third kappa shape index (κ3) is 4.69. The molecule has 152 valence electrons. The van der Waals surface area contributed by atoms with Crippen LogP contribution in [0.1, 0.15) is 5.56 Å². The molecule has 0 fully saturated rings. The van der Waals surface area contributed by atoms with Crippen molar-refractivity contribution in [2.24, 2.45) is 0 Å². The zero-order chi connectivity index (χ0) is 21.8. The van der Waals surface area contributed by atoms with Gasteiger partial charge in [0.05, 0.1) is 17.2 Å². The normalized spacial score (nSPS) is 10.5. The molecule has 0 aliphatic heterocycles. The minimum Gasteiger partial charge on any atom is -0.334 e. The Bertz CT molecular complexity index is 1350. The maximum Gasteiger partial charge on any atom is 0.259 e. The Morgan fingerprint density at radius 3 is 2.68 bits per heavy atom. The van der Waals surface area contributed by atoms with Gasteiger partial charge in [-0.2, -0.15) is 10.2 Å². The number of carbonyl (C=O) groups excluding carboxylic acids is 1. The van der Waals surface area contributed by atoms with Gasteiger partial charge in [-0.05, 0) is 48.5 Å². The zero-order valence-corrected chi connectivity index (χ0v) is 16.7. The number of nitriles is 1. The fraction of sp³-hybridized carbons (Fsp3) is 0.0455. The van der Waals surface area contributed by atoms with Gasteiger partial charge in [-0.1, -0.05) is 22.8 Å². The molecule has 2 heterocycles. The maximum atomic E-state index is 12.4. The molecule has 2 aromatic carbocycles. The average molecular weight is 432 g/mol. The van der Waals surface area contributed by atoms with Crippen LogP contribution >= 0.6 is 11.6 Å². The highest BCUT2D eigenvalue weighted by Crippen LogP contribution is 2.22. The number of hydrogen-bond donors (Lipinski definition) is 1. The molecule has 4 aromatic rings. The van der Waals surface area contributed by atoms with E-state index in [1.807, 2.05) is 6.07 Å². The molecule has 1 N–H and O–H groups in total. The lowest BCUT2D eigenvalue weighted by atomic mass is 10.2. The number of rotatable bonds is 5. The van der Waals surface area contributed by atoms with Crippen molar-refractivity contribution in [1.82, 2.24) is 14.7 Å². The Balaban J connectivity index is 1.53. The highest BCUT2D eigenvalue weighted by Gasteiger charge is 2.13. The Kier molecular flexibility index (Phi) is 5.60. The molecule has 1 amide bonds. The summed E-state index contributed by atoms with van der Waals surface area (Å²) in [7, 11) is 0. The standard InChI is InChI=1S/C22H14ClN5O3/c23-17-7-4-15(5-8-17)21-26-22(31-27-21)16-6-9-20(30)28(12-16)13-19(29)25-18-3-1-2-14(10-18)11-24/h1-10,12H,13H2,(H,25,29). The van der Waals surface area contributed by atoms with Gasteiger partial charge in [-0.15, -0.1) is 0 Å². The topological polar surface area (TPSA) is 114 Å². The summed E-state index contributed by atoms with van der Waals surface area (Å²) in [6.45, 7) is -0.221. The molecular weight excluding hydrogens is 418 g/mol. The monoisotopic (exact) mass is 431 g/mol. The average Bonchev–Trinajstić information content (AvgIpc) is 3.26. The second kappa shape index (κ2) is 8.65. The Labute approximate surface area is 181 Å². The van der Waals surface area contributed by atoms with E-state index in [9.17, 15) is 9.59 Å². The summed E-state index contributed by atoms with van der Waals surface area (Å²) in [5.41, 5.74) is 1.75. The van der Waals surface area contributed by atoms with Crippen molar-refractivity contribution in [1.29, 1.82) is 5.26 Å². The summed E-state index contributed by atoms with van der Waals surface area (Å²) >= 11 is 5.90. The van der Waals surface area contributed by atoms with Crippen LogP contribution in [0.4, 0.5) is 5.69 Å². The van der Waals surface area contributed by atoms with Crippen LogP contribution in [0.15, 0.2) is 76.2 Å². The molecule has 31 heavy (non-hydrogen) atoms. The highest BCUT2D eigenvalue weighted by molar-refractivity contribution is 6.30. The highest BCUT2D eigenvalue weighted by atomic mass is 35.5. The van der Waals surface area contributed by atoms with E-state index in [4.69, 9.17) is 21.4 Å². The minimum absolute atomic E-state index is 0.209. The Morgan fingerprint density at radius 1 is 1.13 bits per heavy atom. The van der Waals surface area contributed by atoms with Gasteiger partial charge < -0.3 is 14.4 Å². The minimum atomic E-state index is -0.415. The van der Waals surface area contributed by atoms with Gasteiger partial charge in [-0.25, -0.2) is 0 Å². The van der Waals surface area contributed by atoms with Crippen LogP contribution < -0.4 is 10.9 Å². The Hall–Kier alpha value is -4.22. The van der Waals surface area contributed by atoms with Gasteiger partial charge in [0.25, 0.3) is 11.4 Å². The summed E-state index contributed by atoms with van der Waals surface area (Å²) in [4.78, 5) is 28.9. The lowest BCUT2D eigenvalue weighted by Gasteiger charge is -2.08. The number of hydrogen-bond acceptors (Lipinski definition) is 6. The summed E-state index contributed by atoms with van der Waals surface area (Å²) in [5, 5.41) is 16.2. The molecule has 0 aliphatic carbocycles. The van der Waals surface area contributed by atoms with Gasteiger partial charge in [0.2, 0.25) is 11.7 Å². The molecule has 0 saturated carbocycles. The Morgan fingerprint density at radius 2 is 1.90 bits per heavy atom. The van der Waals surface area contributed by atoms with Gasteiger partial charge in [0.15, 0.2) is 0 Å². The van der Waals surface area contributed by atoms with E-state index >= 15 is 0 Å². The second-order valence-corrected chi connectivity index (χ2v) is 6.99. The number of carbonyl (C=O) groups is 1. The first kappa shape index (κ1) is 20.1. The summed E-state index contributed by atoms with van der Waals surface area (Å²) in [6, 6.07) is 18.4. The van der Waals surface area contributed by atoms with E-state index in [0.717, 1.165) is 5.56 Å². The van der Waals surface area contributed by atoms with Crippen LogP contribution in [-0.2, 0) is 11.3 Å². The van der Waals surface area contributed by atoms with Crippen LogP contribution in [0, 0.1) is 11.3 Å². The van der Waals surface area contributed by atoms with Crippen molar-refractivity contribution in [3.05, 3.63) is 87.8 Å². The van der Waals surface area contributed by atoms with E-state index in [2.05, 4.69) is 15.5 Å². The molecule has 0 bridgehead atoms. The molecule has 0 radical (unpaired) electrons. The number of halogens is 1. The number of nitrogens with one attached hydrogen (secondary N) is 1. The van der Waals surface area contributed by atoms with Crippen LogP contribution in [0.2, 0.25) is 5.02 Å². The van der Waals surface area contributed by atoms with Crippen molar-refractivity contribution in [3.8, 4) is 28.9 Å². The fourth-order valence-electron chi connectivity index (χ4n) is 2.86. The molecule has 2 aromatic heterocycles. The van der Waals surface area contributed by atoms with Gasteiger partial charge in [-0.3, -0.25) is 9.59 Å². The van der Waals surface area contributed by atoms with Crippen molar-refractivity contribution >= 4 is 23.2 Å². The van der Waals surface area contributed by atoms with Gasteiger partial charge in [0, 0.05) is 28.5 Å². The number of aromatic nitrogens is 3. The number of nitrogens with zero attached hydrogens (tertiary/aromatic N) is 4. The number of benzene rings is 2. The predicted molar refractivity (Wildman–Crippen MR) is 114 cm³/mol. The quantitative estimate of drug-likeness (QED) is 0.515. The van der Waals surface area contributed by atoms with E-state index in [-0.39, 0.29) is 18.0 Å². The van der Waals surface area contributed by atoms with Crippen molar-refractivity contribution in [2.75, 3.05) is 5.32 Å². The summed E-state index contributed by atoms with van der Waals surface area (Å²) in [6.07, 6.45) is 1.48. The number of anilines is 1. The SMILES string of the molecule is N#Cc1cccc(NC(=O)Cn2cc(-c3nc(-c4ccc(Cl)cc4)no3)ccc2=O)c1. The number of amides is 1. The van der Waals surface area contributed by atoms with E-state index in [1.54, 1.807) is 54.6 Å². The third-order valence-corrected chi connectivity index (χ3v) is 4.60. The largest absolute Gasteiger partial charge is 0.334 e. The first-order valence-corrected chi connectivity index (χ1v) is 9.50. The summed E-state index contributed by atoms with van der Waals surface area (Å²) in [5.74, 6) is 0.169. The lowest BCUT2D eigenvalue weighted by Crippen LogP contribution is -2.26. The zero-order valence-electron chi connectivity index (χ0n) is 15.9. The van der Waals surface area contributed by atoms with Crippen LogP contribution in [0.3, 0.4) is 0 Å². The van der Waals surface area contributed by atoms with Crippen LogP contribution in [-0.4, -0.2) is 20.6 Å². The maximum absolute atomic E-state index is 12.4. The molecular formula is C22H14ClN5O3. The molecule has 0 unspecified atom stereocenters. The molecule has 9 heteroatoms. The molecule has 4 rings (SSSR count). The van der Waals surface area contributed by atoms with Crippen LogP contribution in [0.5, 0.6) is 0 Å². The van der Waals surface area contributed by atoms with Crippen molar-refractivity contribution in [3.63, 3.8) is 0 Å². The van der Waals surface area contributed by atoms with E-state index < -0.39 is 5.91 Å². The fourth-order valence-corrected chi connectivity index (χ4v) is 2.99. The van der Waals surface area contributed by atoms with Gasteiger partial charge >= 0.3 is 0 Å².